The first-order chi connectivity index (χ1) is 13.8. The molecule has 2 aliphatic carbocycles. The molecule has 3 aliphatic rings. The van der Waals surface area contributed by atoms with Crippen molar-refractivity contribution in [3.8, 4) is 0 Å². The van der Waals surface area contributed by atoms with Crippen LogP contribution >= 0.6 is 0 Å². The van der Waals surface area contributed by atoms with Gasteiger partial charge >= 0.3 is 0 Å². The Bertz CT molecular complexity index is 781. The number of nitrogens with zero attached hydrogens (tertiary/aromatic N) is 1. The van der Waals surface area contributed by atoms with Crippen LogP contribution in [0.2, 0.25) is 18.6 Å². The Labute approximate surface area is 179 Å². The summed E-state index contributed by atoms with van der Waals surface area (Å²) in [4.78, 5) is 0. The predicted molar refractivity (Wildman–Crippen MR) is 129 cm³/mol. The summed E-state index contributed by atoms with van der Waals surface area (Å²) in [6, 6.07) is 7.12. The van der Waals surface area contributed by atoms with Crippen molar-refractivity contribution in [2.45, 2.75) is 52.8 Å². The lowest BCUT2D eigenvalue weighted by Crippen LogP contribution is -2.60. The fraction of sp³-hybridized carbons (Fsp3) is 0.615. The monoisotopic (exact) mass is 408 g/mol. The van der Waals surface area contributed by atoms with Crippen LogP contribution in [0.3, 0.4) is 0 Å². The van der Waals surface area contributed by atoms with Crippen LogP contribution in [-0.4, -0.2) is 39.0 Å². The Hall–Kier alpha value is -1.16. The minimum absolute atomic E-state index is 0.688. The van der Waals surface area contributed by atoms with Crippen molar-refractivity contribution < 1.29 is 0 Å². The molecule has 4 unspecified atom stereocenters. The Kier molecular flexibility index (Phi) is 5.94. The van der Waals surface area contributed by atoms with Gasteiger partial charge in [-0.05, 0) is 60.6 Å². The third-order valence-corrected chi connectivity index (χ3v) is 12.6. The highest BCUT2D eigenvalue weighted by atomic mass is 28.3. The number of hydrogen-bond acceptors (Lipinski definition) is 2. The van der Waals surface area contributed by atoms with Crippen molar-refractivity contribution in [2.75, 3.05) is 26.2 Å². The average molecular weight is 409 g/mol. The molecule has 4 atom stereocenters. The molecule has 29 heavy (non-hydrogen) atoms. The second-order valence-electron chi connectivity index (χ2n) is 10.6. The van der Waals surface area contributed by atoms with Gasteiger partial charge in [0.15, 0.2) is 0 Å². The van der Waals surface area contributed by atoms with E-state index in [0.29, 0.717) is 11.8 Å². The van der Waals surface area contributed by atoms with Gasteiger partial charge in [-0.25, -0.2) is 0 Å². The highest BCUT2D eigenvalue weighted by Gasteiger charge is 2.54. The Morgan fingerprint density at radius 3 is 2.31 bits per heavy atom. The van der Waals surface area contributed by atoms with Gasteiger partial charge in [-0.3, -0.25) is 0 Å². The van der Waals surface area contributed by atoms with E-state index in [1.807, 2.05) is 0 Å². The quantitative estimate of drug-likeness (QED) is 0.648. The van der Waals surface area contributed by atoms with Crippen molar-refractivity contribution in [1.29, 1.82) is 0 Å². The van der Waals surface area contributed by atoms with Crippen LogP contribution in [0.1, 0.15) is 37.0 Å². The van der Waals surface area contributed by atoms with Crippen LogP contribution < -0.4 is 5.32 Å². The molecule has 4 rings (SSSR count). The number of allylic oxidation sites excluding steroid dienone is 4. The van der Waals surface area contributed by atoms with Gasteiger partial charge in [-0.1, -0.05) is 74.5 Å². The molecule has 1 N–H and O–H groups in total. The van der Waals surface area contributed by atoms with Gasteiger partial charge in [0.2, 0.25) is 0 Å². The first-order valence-corrected chi connectivity index (χ1v) is 14.7. The lowest BCUT2D eigenvalue weighted by atomic mass is 9.80. The van der Waals surface area contributed by atoms with Gasteiger partial charge in [0, 0.05) is 26.2 Å². The molecule has 0 spiro atoms. The zero-order valence-corrected chi connectivity index (χ0v) is 20.3. The second-order valence-corrected chi connectivity index (χ2v) is 15.2. The van der Waals surface area contributed by atoms with E-state index >= 15 is 0 Å². The predicted octanol–water partition coefficient (Wildman–Crippen LogP) is 5.65. The summed E-state index contributed by atoms with van der Waals surface area (Å²) in [6.45, 7) is 19.6. The number of nitrogens with one attached hydrogen (secondary N) is 1. The maximum atomic E-state index is 3.56. The SMILES string of the molecule is Cc1cc(C)cc(C2=CC=CC3C2CC(C(C)C)C3[Si](C)(C)N2CCNCC2)c1. The summed E-state index contributed by atoms with van der Waals surface area (Å²) >= 11 is 0. The molecule has 2 nitrogen and oxygen atoms in total. The highest BCUT2D eigenvalue weighted by molar-refractivity contribution is 6.76. The van der Waals surface area contributed by atoms with Crippen LogP contribution in [0, 0.1) is 37.5 Å². The molecule has 1 aromatic rings. The molecule has 158 valence electrons. The number of aryl methyl sites for hydroxylation is 2. The molecule has 1 aromatic carbocycles. The Morgan fingerprint density at radius 2 is 1.69 bits per heavy atom. The summed E-state index contributed by atoms with van der Waals surface area (Å²) in [5, 5.41) is 3.56. The van der Waals surface area contributed by atoms with Crippen molar-refractivity contribution in [1.82, 2.24) is 9.88 Å². The van der Waals surface area contributed by atoms with E-state index in [2.05, 4.69) is 87.1 Å². The van der Waals surface area contributed by atoms with Crippen molar-refractivity contribution in [2.24, 2.45) is 23.7 Å². The van der Waals surface area contributed by atoms with Gasteiger partial charge in [-0.2, -0.15) is 0 Å². The van der Waals surface area contributed by atoms with Crippen LogP contribution in [0.5, 0.6) is 0 Å². The smallest absolute Gasteiger partial charge is 0.126 e. The topological polar surface area (TPSA) is 15.3 Å². The van der Waals surface area contributed by atoms with E-state index in [1.54, 1.807) is 5.57 Å². The van der Waals surface area contributed by atoms with E-state index in [4.69, 9.17) is 0 Å². The Morgan fingerprint density at radius 1 is 1.03 bits per heavy atom. The molecular formula is C26H40N2Si. The highest BCUT2D eigenvalue weighted by Crippen LogP contribution is 2.59. The van der Waals surface area contributed by atoms with Gasteiger partial charge in [-0.15, -0.1) is 0 Å². The number of piperazine rings is 1. The fourth-order valence-corrected chi connectivity index (χ4v) is 11.4. The van der Waals surface area contributed by atoms with E-state index < -0.39 is 8.24 Å². The molecule has 1 heterocycles. The van der Waals surface area contributed by atoms with E-state index in [0.717, 1.165) is 30.5 Å². The van der Waals surface area contributed by atoms with Gasteiger partial charge in [0.05, 0.1) is 0 Å². The van der Waals surface area contributed by atoms with Crippen LogP contribution in [-0.2, 0) is 0 Å². The third kappa shape index (κ3) is 3.94. The van der Waals surface area contributed by atoms with Crippen LogP contribution in [0.15, 0.2) is 36.4 Å². The number of fused-ring (bicyclic) bond motifs is 1. The molecule has 0 aromatic heterocycles. The standard InChI is InChI=1S/C26H40N2Si/c1-18(2)24-17-25-22(21-15-19(3)14-20(4)16-21)8-7-9-23(25)26(24)29(5,6)28-12-10-27-11-13-28/h7-9,14-16,18,23-27H,10-13,17H2,1-6H3. The number of hydrogen-bond donors (Lipinski definition) is 1. The van der Waals surface area contributed by atoms with Gasteiger partial charge < -0.3 is 9.88 Å². The zero-order valence-electron chi connectivity index (χ0n) is 19.3. The van der Waals surface area contributed by atoms with Crippen molar-refractivity contribution >= 4 is 13.8 Å². The summed E-state index contributed by atoms with van der Waals surface area (Å²) < 4.78 is 2.91. The van der Waals surface area contributed by atoms with Gasteiger partial charge in [0.25, 0.3) is 0 Å². The van der Waals surface area contributed by atoms with E-state index in [-0.39, 0.29) is 0 Å². The van der Waals surface area contributed by atoms with Crippen molar-refractivity contribution in [3.05, 3.63) is 53.1 Å². The number of rotatable bonds is 4. The molecule has 1 saturated heterocycles. The summed E-state index contributed by atoms with van der Waals surface area (Å²) in [5.74, 6) is 2.99. The molecule has 0 bridgehead atoms. The lowest BCUT2D eigenvalue weighted by molar-refractivity contribution is 0.320. The minimum atomic E-state index is -1.54. The Balaban J connectivity index is 1.70. The summed E-state index contributed by atoms with van der Waals surface area (Å²) in [7, 11) is -1.54. The maximum absolute atomic E-state index is 3.56. The maximum Gasteiger partial charge on any atom is 0.126 e. The van der Waals surface area contributed by atoms with Crippen molar-refractivity contribution in [3.63, 3.8) is 0 Å². The first-order valence-electron chi connectivity index (χ1n) is 11.7. The zero-order chi connectivity index (χ0) is 20.8. The van der Waals surface area contributed by atoms with E-state index in [9.17, 15) is 0 Å². The van der Waals surface area contributed by atoms with Gasteiger partial charge in [0.1, 0.15) is 8.24 Å². The lowest BCUT2D eigenvalue weighted by Gasteiger charge is -2.48. The summed E-state index contributed by atoms with van der Waals surface area (Å²) in [6.07, 6.45) is 8.75. The normalized spacial score (nSPS) is 30.5. The molecule has 0 radical (unpaired) electrons. The molecule has 0 amide bonds. The second kappa shape index (κ2) is 8.17. The largest absolute Gasteiger partial charge is 0.321 e. The van der Waals surface area contributed by atoms with E-state index in [1.165, 1.54) is 36.2 Å². The number of benzene rings is 1. The average Bonchev–Trinajstić information content (AvgIpc) is 3.08. The minimum Gasteiger partial charge on any atom is -0.321 e. The van der Waals surface area contributed by atoms with Crippen LogP contribution in [0.25, 0.3) is 5.57 Å². The molecule has 1 saturated carbocycles. The molecule has 2 fully saturated rings. The van der Waals surface area contributed by atoms with Crippen LogP contribution in [0.4, 0.5) is 0 Å². The first kappa shape index (κ1) is 21.1. The molecule has 3 heteroatoms. The fourth-order valence-electron chi connectivity index (χ4n) is 6.72. The third-order valence-electron chi connectivity index (χ3n) is 8.03. The summed E-state index contributed by atoms with van der Waals surface area (Å²) in [5.41, 5.74) is 6.68. The molecule has 1 aliphatic heterocycles. The molecular weight excluding hydrogens is 368 g/mol.